The topological polar surface area (TPSA) is 54.9 Å². The molecule has 132 valence electrons. The summed E-state index contributed by atoms with van der Waals surface area (Å²) in [6.07, 6.45) is 4.23. The van der Waals surface area contributed by atoms with Crippen LogP contribution in [0.15, 0.2) is 23.2 Å². The van der Waals surface area contributed by atoms with Crippen LogP contribution in [0.4, 0.5) is 0 Å². The summed E-state index contributed by atoms with van der Waals surface area (Å²) in [6, 6.07) is 6.51. The summed E-state index contributed by atoms with van der Waals surface area (Å²) in [5.74, 6) is 1.92. The zero-order valence-electron chi connectivity index (χ0n) is 14.9. The van der Waals surface area contributed by atoms with E-state index in [4.69, 9.17) is 14.5 Å². The Bertz CT molecular complexity index is 580. The number of guanidine groups is 1. The third kappa shape index (κ3) is 4.41. The first-order valence-electron chi connectivity index (χ1n) is 9.09. The van der Waals surface area contributed by atoms with Crippen molar-refractivity contribution in [1.82, 2.24) is 10.6 Å². The van der Waals surface area contributed by atoms with Gasteiger partial charge in [-0.15, -0.1) is 0 Å². The van der Waals surface area contributed by atoms with Crippen molar-refractivity contribution in [3.05, 3.63) is 29.3 Å². The lowest BCUT2D eigenvalue weighted by atomic mass is 10.0. The van der Waals surface area contributed by atoms with Crippen LogP contribution in [0.3, 0.4) is 0 Å². The highest BCUT2D eigenvalue weighted by Crippen LogP contribution is 2.26. The first-order chi connectivity index (χ1) is 11.7. The average Bonchev–Trinajstić information content (AvgIpc) is 3.21. The van der Waals surface area contributed by atoms with Gasteiger partial charge in [-0.3, -0.25) is 4.99 Å². The fourth-order valence-electron chi connectivity index (χ4n) is 3.27. The highest BCUT2D eigenvalue weighted by Gasteiger charge is 2.29. The monoisotopic (exact) mass is 331 g/mol. The molecule has 3 rings (SSSR count). The van der Waals surface area contributed by atoms with Crippen LogP contribution >= 0.6 is 0 Å². The van der Waals surface area contributed by atoms with Gasteiger partial charge < -0.3 is 20.1 Å². The van der Waals surface area contributed by atoms with E-state index in [-0.39, 0.29) is 5.60 Å². The van der Waals surface area contributed by atoms with E-state index >= 15 is 0 Å². The molecule has 24 heavy (non-hydrogen) atoms. The van der Waals surface area contributed by atoms with Crippen LogP contribution in [0.2, 0.25) is 0 Å². The molecule has 1 atom stereocenters. The number of hydrogen-bond donors (Lipinski definition) is 2. The Morgan fingerprint density at radius 3 is 3.00 bits per heavy atom. The Labute approximate surface area is 144 Å². The molecule has 5 nitrogen and oxygen atoms in total. The minimum Gasteiger partial charge on any atom is -0.493 e. The second-order valence-corrected chi connectivity index (χ2v) is 6.81. The van der Waals surface area contributed by atoms with E-state index in [2.05, 4.69) is 42.7 Å². The average molecular weight is 331 g/mol. The minimum absolute atomic E-state index is 0.0949. The van der Waals surface area contributed by atoms with Crippen LogP contribution in [0.5, 0.6) is 5.75 Å². The number of nitrogens with zero attached hydrogens (tertiary/aromatic N) is 1. The third-order valence-electron chi connectivity index (χ3n) is 4.68. The van der Waals surface area contributed by atoms with E-state index in [0.29, 0.717) is 6.54 Å². The second-order valence-electron chi connectivity index (χ2n) is 6.81. The summed E-state index contributed by atoms with van der Waals surface area (Å²) in [4.78, 5) is 4.71. The number of nitrogens with one attached hydrogen (secondary N) is 2. The van der Waals surface area contributed by atoms with E-state index < -0.39 is 0 Å². The molecule has 0 radical (unpaired) electrons. The van der Waals surface area contributed by atoms with Crippen LogP contribution in [0, 0.1) is 0 Å². The summed E-state index contributed by atoms with van der Waals surface area (Å²) in [6.45, 7) is 8.35. The molecule has 0 amide bonds. The van der Waals surface area contributed by atoms with Crippen molar-refractivity contribution in [3.63, 3.8) is 0 Å². The molecule has 2 heterocycles. The molecule has 2 N–H and O–H groups in total. The fourth-order valence-corrected chi connectivity index (χ4v) is 3.27. The van der Waals surface area contributed by atoms with Crippen LogP contribution in [-0.2, 0) is 17.6 Å². The number of ether oxygens (including phenoxy) is 2. The van der Waals surface area contributed by atoms with Crippen molar-refractivity contribution >= 4 is 5.96 Å². The van der Waals surface area contributed by atoms with Gasteiger partial charge in [0, 0.05) is 26.1 Å². The normalized spacial score (nSPS) is 23.0. The number of hydrogen-bond acceptors (Lipinski definition) is 3. The number of aliphatic imine (C=N–C) groups is 1. The van der Waals surface area contributed by atoms with Crippen LogP contribution in [0.1, 0.15) is 37.8 Å². The smallest absolute Gasteiger partial charge is 0.191 e. The molecule has 1 saturated heterocycles. The predicted octanol–water partition coefficient (Wildman–Crippen LogP) is 2.29. The maximum absolute atomic E-state index is 5.81. The Morgan fingerprint density at radius 2 is 2.21 bits per heavy atom. The SMILES string of the molecule is CCNC(=NCC1(C)CCCO1)NCCc1ccc2c(c1)CCO2. The maximum Gasteiger partial charge on any atom is 0.191 e. The van der Waals surface area contributed by atoms with Crippen molar-refractivity contribution in [2.24, 2.45) is 4.99 Å². The molecule has 0 aromatic heterocycles. The standard InChI is InChI=1S/C19H29N3O2/c1-3-20-18(22-14-19(2)9-4-11-24-19)21-10-7-15-5-6-17-16(13-15)8-12-23-17/h5-6,13H,3-4,7-12,14H2,1-2H3,(H2,20,21,22). The summed E-state index contributed by atoms with van der Waals surface area (Å²) in [7, 11) is 0. The van der Waals surface area contributed by atoms with Gasteiger partial charge in [0.25, 0.3) is 0 Å². The minimum atomic E-state index is -0.0949. The van der Waals surface area contributed by atoms with Gasteiger partial charge in [-0.1, -0.05) is 12.1 Å². The summed E-state index contributed by atoms with van der Waals surface area (Å²) in [5.41, 5.74) is 2.58. The van der Waals surface area contributed by atoms with Crippen molar-refractivity contribution in [2.75, 3.05) is 32.8 Å². The highest BCUT2D eigenvalue weighted by atomic mass is 16.5. The van der Waals surface area contributed by atoms with Crippen LogP contribution in [0.25, 0.3) is 0 Å². The van der Waals surface area contributed by atoms with Crippen molar-refractivity contribution in [1.29, 1.82) is 0 Å². The van der Waals surface area contributed by atoms with Crippen LogP contribution in [-0.4, -0.2) is 44.4 Å². The molecule has 1 aromatic rings. The summed E-state index contributed by atoms with van der Waals surface area (Å²) < 4.78 is 11.4. The van der Waals surface area contributed by atoms with Gasteiger partial charge in [-0.2, -0.15) is 0 Å². The van der Waals surface area contributed by atoms with Crippen molar-refractivity contribution in [3.8, 4) is 5.75 Å². The van der Waals surface area contributed by atoms with Gasteiger partial charge in [0.1, 0.15) is 5.75 Å². The first-order valence-corrected chi connectivity index (χ1v) is 9.09. The van der Waals surface area contributed by atoms with Gasteiger partial charge in [0.05, 0.1) is 18.8 Å². The quantitative estimate of drug-likeness (QED) is 0.620. The molecule has 0 spiro atoms. The van der Waals surface area contributed by atoms with E-state index in [1.807, 2.05) is 0 Å². The predicted molar refractivity (Wildman–Crippen MR) is 96.9 cm³/mol. The molecule has 1 fully saturated rings. The molecule has 0 aliphatic carbocycles. The molecule has 1 unspecified atom stereocenters. The van der Waals surface area contributed by atoms with E-state index in [9.17, 15) is 0 Å². The molecule has 1 aromatic carbocycles. The van der Waals surface area contributed by atoms with Gasteiger partial charge in [-0.05, 0) is 50.3 Å². The molecular formula is C19H29N3O2. The number of fused-ring (bicyclic) bond motifs is 1. The lowest BCUT2D eigenvalue weighted by Crippen LogP contribution is -2.40. The lowest BCUT2D eigenvalue weighted by molar-refractivity contribution is 0.0283. The van der Waals surface area contributed by atoms with E-state index in [0.717, 1.165) is 63.7 Å². The molecule has 2 aliphatic rings. The van der Waals surface area contributed by atoms with Crippen molar-refractivity contribution in [2.45, 2.75) is 45.1 Å². The van der Waals surface area contributed by atoms with E-state index in [1.165, 1.54) is 11.1 Å². The molecule has 2 aliphatic heterocycles. The highest BCUT2D eigenvalue weighted by molar-refractivity contribution is 5.79. The Balaban J connectivity index is 1.50. The van der Waals surface area contributed by atoms with Gasteiger partial charge in [-0.25, -0.2) is 0 Å². The Morgan fingerprint density at radius 1 is 1.29 bits per heavy atom. The van der Waals surface area contributed by atoms with Crippen LogP contribution < -0.4 is 15.4 Å². The first kappa shape index (κ1) is 17.1. The van der Waals surface area contributed by atoms with E-state index in [1.54, 1.807) is 0 Å². The Kier molecular flexibility index (Phi) is 5.61. The summed E-state index contributed by atoms with van der Waals surface area (Å²) in [5, 5.41) is 6.75. The van der Waals surface area contributed by atoms with Crippen molar-refractivity contribution < 1.29 is 9.47 Å². The lowest BCUT2D eigenvalue weighted by Gasteiger charge is -2.21. The van der Waals surface area contributed by atoms with Gasteiger partial charge >= 0.3 is 0 Å². The summed E-state index contributed by atoms with van der Waals surface area (Å²) >= 11 is 0. The second kappa shape index (κ2) is 7.88. The fraction of sp³-hybridized carbons (Fsp3) is 0.632. The van der Waals surface area contributed by atoms with Gasteiger partial charge in [0.15, 0.2) is 5.96 Å². The third-order valence-corrected chi connectivity index (χ3v) is 4.68. The molecule has 0 saturated carbocycles. The van der Waals surface area contributed by atoms with Gasteiger partial charge in [0.2, 0.25) is 0 Å². The number of benzene rings is 1. The Hall–Kier alpha value is -1.75. The number of rotatable bonds is 6. The zero-order chi connectivity index (χ0) is 16.8. The molecule has 5 heteroatoms. The molecular weight excluding hydrogens is 302 g/mol. The maximum atomic E-state index is 5.81. The largest absolute Gasteiger partial charge is 0.493 e. The zero-order valence-corrected chi connectivity index (χ0v) is 14.9. The molecule has 0 bridgehead atoms.